The van der Waals surface area contributed by atoms with E-state index in [1.165, 1.54) is 0 Å². The molecule has 1 saturated heterocycles. The van der Waals surface area contributed by atoms with Gasteiger partial charge in [-0.1, -0.05) is 23.4 Å². The Balaban J connectivity index is 1.29. The average molecular weight is 349 g/mol. The summed E-state index contributed by atoms with van der Waals surface area (Å²) >= 11 is 0. The van der Waals surface area contributed by atoms with Gasteiger partial charge in [-0.05, 0) is 38.0 Å². The Hall–Kier alpha value is -3.09. The summed E-state index contributed by atoms with van der Waals surface area (Å²) in [6.07, 6.45) is 1.96. The molecule has 1 fully saturated rings. The zero-order valence-corrected chi connectivity index (χ0v) is 14.5. The van der Waals surface area contributed by atoms with Crippen LogP contribution in [-0.2, 0) is 0 Å². The fraction of sp³-hybridized carbons (Fsp3) is 0.316. The highest BCUT2D eigenvalue weighted by Gasteiger charge is 2.26. The van der Waals surface area contributed by atoms with E-state index in [2.05, 4.69) is 31.3 Å². The van der Waals surface area contributed by atoms with E-state index < -0.39 is 0 Å². The number of hydrogen-bond acceptors (Lipinski definition) is 6. The summed E-state index contributed by atoms with van der Waals surface area (Å²) in [6.45, 7) is 3.82. The molecule has 3 aromatic heterocycles. The van der Waals surface area contributed by atoms with Crippen molar-refractivity contribution >= 4 is 16.9 Å². The number of aromatic nitrogens is 4. The molecule has 0 saturated carbocycles. The largest absolute Gasteiger partial charge is 0.420 e. The fourth-order valence-electron chi connectivity index (χ4n) is 3.56. The van der Waals surface area contributed by atoms with E-state index in [0.717, 1.165) is 60.0 Å². The predicted octanol–water partition coefficient (Wildman–Crippen LogP) is 3.90. The van der Waals surface area contributed by atoms with Crippen LogP contribution in [0.1, 0.15) is 30.3 Å². The number of aryl methyl sites for hydroxylation is 1. The number of H-pyrrole nitrogens is 1. The molecule has 0 unspecified atom stereocenters. The van der Waals surface area contributed by atoms with Crippen molar-refractivity contribution in [2.45, 2.75) is 25.7 Å². The summed E-state index contributed by atoms with van der Waals surface area (Å²) < 4.78 is 11.2. The predicted molar refractivity (Wildman–Crippen MR) is 97.0 cm³/mol. The van der Waals surface area contributed by atoms with Crippen molar-refractivity contribution in [2.75, 3.05) is 18.0 Å². The second-order valence-corrected chi connectivity index (χ2v) is 6.74. The summed E-state index contributed by atoms with van der Waals surface area (Å²) in [7, 11) is 0. The smallest absolute Gasteiger partial charge is 0.247 e. The average Bonchev–Trinajstić information content (AvgIpc) is 3.40. The monoisotopic (exact) mass is 349 g/mol. The van der Waals surface area contributed by atoms with Crippen LogP contribution in [0, 0.1) is 6.92 Å². The number of nitrogens with zero attached hydrogens (tertiary/aromatic N) is 4. The van der Waals surface area contributed by atoms with E-state index in [-0.39, 0.29) is 0 Å². The highest BCUT2D eigenvalue weighted by molar-refractivity contribution is 5.81. The topological polar surface area (TPSA) is 84.0 Å². The maximum Gasteiger partial charge on any atom is 0.247 e. The van der Waals surface area contributed by atoms with Crippen molar-refractivity contribution in [3.05, 3.63) is 48.0 Å². The van der Waals surface area contributed by atoms with Gasteiger partial charge in [-0.2, -0.15) is 0 Å². The van der Waals surface area contributed by atoms with E-state index in [1.807, 2.05) is 37.3 Å². The minimum Gasteiger partial charge on any atom is -0.420 e. The summed E-state index contributed by atoms with van der Waals surface area (Å²) in [5, 5.41) is 13.5. The van der Waals surface area contributed by atoms with Crippen LogP contribution in [0.25, 0.3) is 22.6 Å². The molecule has 0 spiro atoms. The third kappa shape index (κ3) is 2.56. The Morgan fingerprint density at radius 1 is 1.12 bits per heavy atom. The lowest BCUT2D eigenvalue weighted by atomic mass is 9.97. The first kappa shape index (κ1) is 15.2. The van der Waals surface area contributed by atoms with Gasteiger partial charge in [0.05, 0.1) is 11.1 Å². The molecule has 5 rings (SSSR count). The van der Waals surface area contributed by atoms with Crippen LogP contribution in [0.5, 0.6) is 0 Å². The minimum absolute atomic E-state index is 0.303. The molecule has 0 bridgehead atoms. The molecule has 0 amide bonds. The van der Waals surface area contributed by atoms with Crippen LogP contribution >= 0.6 is 0 Å². The number of rotatable bonds is 3. The van der Waals surface area contributed by atoms with E-state index in [1.54, 1.807) is 0 Å². The van der Waals surface area contributed by atoms with Crippen molar-refractivity contribution in [1.82, 2.24) is 20.3 Å². The van der Waals surface area contributed by atoms with Gasteiger partial charge >= 0.3 is 0 Å². The quantitative estimate of drug-likeness (QED) is 0.604. The summed E-state index contributed by atoms with van der Waals surface area (Å²) in [5.74, 6) is 2.72. The van der Waals surface area contributed by atoms with Gasteiger partial charge in [-0.25, -0.2) is 0 Å². The number of hydrogen-bond donors (Lipinski definition) is 1. The molecule has 1 aliphatic heterocycles. The lowest BCUT2D eigenvalue weighted by Gasteiger charge is -2.31. The molecule has 4 aromatic rings. The number of nitrogens with one attached hydrogen (secondary N) is 1. The molecule has 0 radical (unpaired) electrons. The zero-order valence-electron chi connectivity index (χ0n) is 14.5. The van der Waals surface area contributed by atoms with E-state index in [0.29, 0.717) is 11.8 Å². The Labute approximate surface area is 150 Å². The zero-order chi connectivity index (χ0) is 17.5. The normalized spacial score (nSPS) is 15.8. The molecular formula is C19H19N5O2. The van der Waals surface area contributed by atoms with Gasteiger partial charge < -0.3 is 18.8 Å². The molecule has 1 aromatic carbocycles. The molecule has 7 heteroatoms. The standard InChI is InChI=1S/C19H19N5O2/c1-12-15-11-16(20-19(15)26-23-12)24-9-7-14(8-10-24)18-22-21-17(25-18)13-5-3-2-4-6-13/h2-6,11,14,20H,7-10H2,1H3. The van der Waals surface area contributed by atoms with Gasteiger partial charge in [0.25, 0.3) is 0 Å². The van der Waals surface area contributed by atoms with Gasteiger partial charge in [0.15, 0.2) is 0 Å². The van der Waals surface area contributed by atoms with Crippen LogP contribution in [0.4, 0.5) is 5.82 Å². The van der Waals surface area contributed by atoms with E-state index in [9.17, 15) is 0 Å². The number of aromatic amines is 1. The van der Waals surface area contributed by atoms with Crippen LogP contribution in [-0.4, -0.2) is 33.4 Å². The van der Waals surface area contributed by atoms with Gasteiger partial charge in [0.1, 0.15) is 5.82 Å². The molecule has 0 atom stereocenters. The van der Waals surface area contributed by atoms with Gasteiger partial charge in [-0.15, -0.1) is 10.2 Å². The Morgan fingerprint density at radius 3 is 2.69 bits per heavy atom. The second kappa shape index (κ2) is 6.01. The first-order valence-electron chi connectivity index (χ1n) is 8.87. The van der Waals surface area contributed by atoms with Gasteiger partial charge in [0.2, 0.25) is 17.5 Å². The van der Waals surface area contributed by atoms with E-state index in [4.69, 9.17) is 8.94 Å². The Bertz CT molecular complexity index is 1020. The van der Waals surface area contributed by atoms with Crippen molar-refractivity contribution in [3.63, 3.8) is 0 Å². The van der Waals surface area contributed by atoms with Crippen molar-refractivity contribution in [3.8, 4) is 11.5 Å². The highest BCUT2D eigenvalue weighted by Crippen LogP contribution is 2.32. The highest BCUT2D eigenvalue weighted by atomic mass is 16.5. The van der Waals surface area contributed by atoms with Crippen LogP contribution in [0.2, 0.25) is 0 Å². The lowest BCUT2D eigenvalue weighted by Crippen LogP contribution is -2.33. The minimum atomic E-state index is 0.303. The molecule has 7 nitrogen and oxygen atoms in total. The first-order chi connectivity index (χ1) is 12.8. The maximum absolute atomic E-state index is 5.93. The molecule has 4 heterocycles. The molecule has 1 N–H and O–H groups in total. The Kier molecular flexibility index (Phi) is 3.51. The molecule has 26 heavy (non-hydrogen) atoms. The van der Waals surface area contributed by atoms with Gasteiger partial charge in [-0.3, -0.25) is 0 Å². The third-order valence-electron chi connectivity index (χ3n) is 5.08. The lowest BCUT2D eigenvalue weighted by molar-refractivity contribution is 0.397. The maximum atomic E-state index is 5.93. The summed E-state index contributed by atoms with van der Waals surface area (Å²) in [4.78, 5) is 5.64. The number of anilines is 1. The number of benzene rings is 1. The van der Waals surface area contributed by atoms with Crippen molar-refractivity contribution < 1.29 is 8.94 Å². The SMILES string of the molecule is Cc1noc2[nH]c(N3CCC(c4nnc(-c5ccccc5)o4)CC3)cc12. The summed E-state index contributed by atoms with van der Waals surface area (Å²) in [6, 6.07) is 12.0. The van der Waals surface area contributed by atoms with Crippen LogP contribution in [0.15, 0.2) is 45.3 Å². The van der Waals surface area contributed by atoms with Crippen molar-refractivity contribution in [1.29, 1.82) is 0 Å². The number of fused-ring (bicyclic) bond motifs is 1. The van der Waals surface area contributed by atoms with Crippen LogP contribution in [0.3, 0.4) is 0 Å². The van der Waals surface area contributed by atoms with E-state index >= 15 is 0 Å². The fourth-order valence-corrected chi connectivity index (χ4v) is 3.56. The Morgan fingerprint density at radius 2 is 1.92 bits per heavy atom. The van der Waals surface area contributed by atoms with Crippen LogP contribution < -0.4 is 4.90 Å². The molecular weight excluding hydrogens is 330 g/mol. The number of piperidine rings is 1. The molecule has 1 aliphatic rings. The molecule has 132 valence electrons. The third-order valence-corrected chi connectivity index (χ3v) is 5.08. The van der Waals surface area contributed by atoms with Crippen molar-refractivity contribution in [2.24, 2.45) is 0 Å². The summed E-state index contributed by atoms with van der Waals surface area (Å²) in [5.41, 5.74) is 2.61. The molecule has 0 aliphatic carbocycles. The first-order valence-corrected chi connectivity index (χ1v) is 8.87. The second-order valence-electron chi connectivity index (χ2n) is 6.74. The van der Waals surface area contributed by atoms with Gasteiger partial charge in [0, 0.05) is 24.6 Å².